The third-order valence-electron chi connectivity index (χ3n) is 3.38. The molecule has 0 aromatic carbocycles. The van der Waals surface area contributed by atoms with Crippen molar-refractivity contribution in [3.05, 3.63) is 23.4 Å². The van der Waals surface area contributed by atoms with Crippen LogP contribution in [0.2, 0.25) is 0 Å². The fourth-order valence-corrected chi connectivity index (χ4v) is 2.15. The highest BCUT2D eigenvalue weighted by Crippen LogP contribution is 2.25. The number of aromatic nitrogens is 1. The maximum Gasteiger partial charge on any atom is 0.214 e. The zero-order valence-electron chi connectivity index (χ0n) is 13.0. The van der Waals surface area contributed by atoms with Crippen molar-refractivity contribution in [3.63, 3.8) is 0 Å². The summed E-state index contributed by atoms with van der Waals surface area (Å²) in [6.07, 6.45) is 1.09. The molecule has 1 saturated heterocycles. The number of ether oxygens (including phenoxy) is 2. The lowest BCUT2D eigenvalue weighted by Gasteiger charge is -2.21. The second-order valence-electron chi connectivity index (χ2n) is 6.33. The maximum atomic E-state index is 5.97. The number of nitrogens with zero attached hydrogens (tertiary/aromatic N) is 1. The van der Waals surface area contributed by atoms with E-state index in [1.165, 1.54) is 5.56 Å². The summed E-state index contributed by atoms with van der Waals surface area (Å²) in [5.74, 6) is 0.723. The summed E-state index contributed by atoms with van der Waals surface area (Å²) < 4.78 is 11.3. The van der Waals surface area contributed by atoms with Gasteiger partial charge in [0.05, 0.1) is 18.9 Å². The summed E-state index contributed by atoms with van der Waals surface area (Å²) in [7, 11) is 0. The number of nitrogens with one attached hydrogen (secondary N) is 1. The third-order valence-corrected chi connectivity index (χ3v) is 3.38. The van der Waals surface area contributed by atoms with E-state index >= 15 is 0 Å². The summed E-state index contributed by atoms with van der Waals surface area (Å²) in [5.41, 5.74) is 2.31. The normalized spacial score (nSPS) is 19.3. The minimum Gasteiger partial charge on any atom is -0.472 e. The second-order valence-corrected chi connectivity index (χ2v) is 6.33. The first kappa shape index (κ1) is 15.3. The zero-order chi connectivity index (χ0) is 14.6. The Hall–Kier alpha value is -1.13. The first-order valence-electron chi connectivity index (χ1n) is 7.45. The van der Waals surface area contributed by atoms with Crippen LogP contribution in [0, 0.1) is 0 Å². The van der Waals surface area contributed by atoms with E-state index in [1.54, 1.807) is 0 Å². The van der Waals surface area contributed by atoms with Crippen LogP contribution >= 0.6 is 0 Å². The summed E-state index contributed by atoms with van der Waals surface area (Å²) in [6.45, 7) is 11.9. The molecule has 0 saturated carbocycles. The lowest BCUT2D eigenvalue weighted by Crippen LogP contribution is -2.20. The molecule has 0 amide bonds. The minimum absolute atomic E-state index is 0.0203. The molecule has 1 aliphatic heterocycles. The topological polar surface area (TPSA) is 43.4 Å². The SMILES string of the molecule is CCNCc1cc(OC2CCOC2)nc(C(C)(C)C)c1. The molecule has 1 atom stereocenters. The van der Waals surface area contributed by atoms with Gasteiger partial charge < -0.3 is 14.8 Å². The Morgan fingerprint density at radius 2 is 2.20 bits per heavy atom. The van der Waals surface area contributed by atoms with Gasteiger partial charge in [0.25, 0.3) is 0 Å². The molecule has 0 radical (unpaired) electrons. The van der Waals surface area contributed by atoms with E-state index in [-0.39, 0.29) is 11.5 Å². The van der Waals surface area contributed by atoms with E-state index in [2.05, 4.69) is 44.1 Å². The zero-order valence-corrected chi connectivity index (χ0v) is 13.0. The largest absolute Gasteiger partial charge is 0.472 e. The van der Waals surface area contributed by atoms with Gasteiger partial charge in [-0.15, -0.1) is 0 Å². The van der Waals surface area contributed by atoms with Crippen LogP contribution in [0.4, 0.5) is 0 Å². The minimum atomic E-state index is 0.0203. The monoisotopic (exact) mass is 278 g/mol. The van der Waals surface area contributed by atoms with Gasteiger partial charge in [-0.05, 0) is 18.2 Å². The highest BCUT2D eigenvalue weighted by atomic mass is 16.5. The summed E-state index contributed by atoms with van der Waals surface area (Å²) >= 11 is 0. The molecule has 1 aromatic heterocycles. The molecule has 4 heteroatoms. The fraction of sp³-hybridized carbons (Fsp3) is 0.688. The molecule has 0 bridgehead atoms. The number of rotatable bonds is 5. The molecule has 4 nitrogen and oxygen atoms in total. The second kappa shape index (κ2) is 6.55. The third kappa shape index (κ3) is 4.18. The number of hydrogen-bond acceptors (Lipinski definition) is 4. The van der Waals surface area contributed by atoms with Crippen molar-refractivity contribution in [1.82, 2.24) is 10.3 Å². The van der Waals surface area contributed by atoms with E-state index in [4.69, 9.17) is 9.47 Å². The van der Waals surface area contributed by atoms with Crippen molar-refractivity contribution in [2.45, 2.75) is 52.2 Å². The van der Waals surface area contributed by atoms with Crippen LogP contribution in [0.5, 0.6) is 5.88 Å². The molecule has 2 rings (SSSR count). The van der Waals surface area contributed by atoms with Gasteiger partial charge in [0.1, 0.15) is 6.10 Å². The van der Waals surface area contributed by atoms with Crippen molar-refractivity contribution < 1.29 is 9.47 Å². The predicted octanol–water partition coefficient (Wildman–Crippen LogP) is 2.66. The molecule has 1 aromatic rings. The van der Waals surface area contributed by atoms with Crippen LogP contribution < -0.4 is 10.1 Å². The number of pyridine rings is 1. The Morgan fingerprint density at radius 1 is 1.40 bits per heavy atom. The molecule has 1 unspecified atom stereocenters. The van der Waals surface area contributed by atoms with Gasteiger partial charge in [-0.2, -0.15) is 0 Å². The Labute approximate surface area is 121 Å². The Bertz CT molecular complexity index is 435. The molecule has 1 fully saturated rings. The van der Waals surface area contributed by atoms with Crippen LogP contribution in [-0.4, -0.2) is 30.8 Å². The molecule has 2 heterocycles. The molecule has 0 aliphatic carbocycles. The van der Waals surface area contributed by atoms with Crippen molar-refractivity contribution in [1.29, 1.82) is 0 Å². The standard InChI is InChI=1S/C16H26N2O2/c1-5-17-10-12-8-14(16(2,3)4)18-15(9-12)20-13-6-7-19-11-13/h8-9,13,17H,5-7,10-11H2,1-4H3. The van der Waals surface area contributed by atoms with Gasteiger partial charge in [0.15, 0.2) is 0 Å². The molecule has 20 heavy (non-hydrogen) atoms. The number of hydrogen-bond donors (Lipinski definition) is 1. The highest BCUT2D eigenvalue weighted by Gasteiger charge is 2.21. The van der Waals surface area contributed by atoms with Crippen molar-refractivity contribution >= 4 is 0 Å². The quantitative estimate of drug-likeness (QED) is 0.899. The van der Waals surface area contributed by atoms with Gasteiger partial charge in [0.2, 0.25) is 5.88 Å². The molecule has 1 N–H and O–H groups in total. The molecule has 112 valence electrons. The van der Waals surface area contributed by atoms with Crippen LogP contribution in [0.25, 0.3) is 0 Å². The van der Waals surface area contributed by atoms with Crippen LogP contribution in [0.15, 0.2) is 12.1 Å². The Kier molecular flexibility index (Phi) is 5.00. The predicted molar refractivity (Wildman–Crippen MR) is 80.2 cm³/mol. The molecule has 0 spiro atoms. The summed E-state index contributed by atoms with van der Waals surface area (Å²) in [6, 6.07) is 4.21. The molecular formula is C16H26N2O2. The summed E-state index contributed by atoms with van der Waals surface area (Å²) in [5, 5.41) is 3.36. The van der Waals surface area contributed by atoms with E-state index < -0.39 is 0 Å². The van der Waals surface area contributed by atoms with E-state index in [1.807, 2.05) is 6.07 Å². The van der Waals surface area contributed by atoms with E-state index in [0.717, 1.165) is 37.7 Å². The lowest BCUT2D eigenvalue weighted by atomic mass is 9.91. The summed E-state index contributed by atoms with van der Waals surface area (Å²) in [4.78, 5) is 4.67. The van der Waals surface area contributed by atoms with E-state index in [9.17, 15) is 0 Å². The first-order valence-corrected chi connectivity index (χ1v) is 7.45. The van der Waals surface area contributed by atoms with Crippen molar-refractivity contribution in [2.75, 3.05) is 19.8 Å². The van der Waals surface area contributed by atoms with Crippen LogP contribution in [-0.2, 0) is 16.7 Å². The van der Waals surface area contributed by atoms with E-state index in [0.29, 0.717) is 6.61 Å². The maximum absolute atomic E-state index is 5.97. The smallest absolute Gasteiger partial charge is 0.214 e. The van der Waals surface area contributed by atoms with Crippen molar-refractivity contribution in [2.24, 2.45) is 0 Å². The van der Waals surface area contributed by atoms with Gasteiger partial charge in [-0.25, -0.2) is 4.98 Å². The van der Waals surface area contributed by atoms with Gasteiger partial charge in [0, 0.05) is 24.4 Å². The van der Waals surface area contributed by atoms with Gasteiger partial charge >= 0.3 is 0 Å². The average molecular weight is 278 g/mol. The van der Waals surface area contributed by atoms with Gasteiger partial charge in [-0.3, -0.25) is 0 Å². The van der Waals surface area contributed by atoms with Crippen LogP contribution in [0.3, 0.4) is 0 Å². The fourth-order valence-electron chi connectivity index (χ4n) is 2.15. The molecule has 1 aliphatic rings. The Balaban J connectivity index is 2.19. The Morgan fingerprint density at radius 3 is 2.80 bits per heavy atom. The molecular weight excluding hydrogens is 252 g/mol. The first-order chi connectivity index (χ1) is 9.49. The average Bonchev–Trinajstić information content (AvgIpc) is 2.88. The van der Waals surface area contributed by atoms with Crippen LogP contribution in [0.1, 0.15) is 45.4 Å². The lowest BCUT2D eigenvalue weighted by molar-refractivity contribution is 0.137. The van der Waals surface area contributed by atoms with Crippen molar-refractivity contribution in [3.8, 4) is 5.88 Å². The highest BCUT2D eigenvalue weighted by molar-refractivity contribution is 5.28. The van der Waals surface area contributed by atoms with Gasteiger partial charge in [-0.1, -0.05) is 27.7 Å².